The fourth-order valence-electron chi connectivity index (χ4n) is 2.91. The lowest BCUT2D eigenvalue weighted by atomic mass is 9.93. The third-order valence-electron chi connectivity index (χ3n) is 4.18. The first-order valence-electron chi connectivity index (χ1n) is 6.54. The predicted octanol–water partition coefficient (Wildman–Crippen LogP) is 4.30. The van der Waals surface area contributed by atoms with Crippen molar-refractivity contribution in [2.45, 2.75) is 39.2 Å². The van der Waals surface area contributed by atoms with E-state index in [1.807, 2.05) is 0 Å². The number of hydrogen-bond donors (Lipinski definition) is 2. The molecule has 0 saturated heterocycles. The van der Waals surface area contributed by atoms with E-state index in [0.29, 0.717) is 17.6 Å². The quantitative estimate of drug-likeness (QED) is 0.804. The second kappa shape index (κ2) is 5.35. The number of nitrogens with one attached hydrogen (secondary N) is 1. The van der Waals surface area contributed by atoms with E-state index >= 15 is 0 Å². The molecule has 3 N–H and O–H groups in total. The lowest BCUT2D eigenvalue weighted by Crippen LogP contribution is -2.25. The summed E-state index contributed by atoms with van der Waals surface area (Å²) in [6.07, 6.45) is 3.58. The first-order chi connectivity index (χ1) is 8.52. The van der Waals surface area contributed by atoms with Crippen molar-refractivity contribution in [3.05, 3.63) is 23.0 Å². The maximum absolute atomic E-state index is 13.2. The number of halogens is 2. The zero-order chi connectivity index (χ0) is 13.3. The molecule has 0 aromatic heterocycles. The van der Waals surface area contributed by atoms with Crippen molar-refractivity contribution in [2.75, 3.05) is 11.1 Å². The van der Waals surface area contributed by atoms with Crippen molar-refractivity contribution in [1.82, 2.24) is 0 Å². The smallest absolute Gasteiger partial charge is 0.143 e. The summed E-state index contributed by atoms with van der Waals surface area (Å²) in [4.78, 5) is 0. The van der Waals surface area contributed by atoms with Crippen molar-refractivity contribution >= 4 is 23.0 Å². The Kier molecular flexibility index (Phi) is 4.00. The Morgan fingerprint density at radius 1 is 1.44 bits per heavy atom. The van der Waals surface area contributed by atoms with E-state index in [9.17, 15) is 4.39 Å². The van der Waals surface area contributed by atoms with Crippen LogP contribution in [0.25, 0.3) is 0 Å². The second-order valence-corrected chi connectivity index (χ2v) is 5.62. The molecule has 1 aromatic rings. The fraction of sp³-hybridized carbons (Fsp3) is 0.571. The van der Waals surface area contributed by atoms with Gasteiger partial charge in [-0.3, -0.25) is 0 Å². The number of nitrogen functional groups attached to an aromatic ring is 1. The fourth-order valence-corrected chi connectivity index (χ4v) is 3.08. The van der Waals surface area contributed by atoms with Crippen LogP contribution in [0.4, 0.5) is 15.8 Å². The van der Waals surface area contributed by atoms with Crippen LogP contribution in [0, 0.1) is 17.7 Å². The maximum atomic E-state index is 13.2. The molecule has 1 aromatic carbocycles. The van der Waals surface area contributed by atoms with E-state index in [0.717, 1.165) is 18.0 Å². The zero-order valence-electron chi connectivity index (χ0n) is 10.8. The van der Waals surface area contributed by atoms with Gasteiger partial charge < -0.3 is 11.1 Å². The molecule has 2 rings (SSSR count). The van der Waals surface area contributed by atoms with Crippen LogP contribution in [-0.2, 0) is 0 Å². The number of benzene rings is 1. The van der Waals surface area contributed by atoms with Gasteiger partial charge in [-0.2, -0.15) is 0 Å². The highest BCUT2D eigenvalue weighted by Crippen LogP contribution is 2.37. The van der Waals surface area contributed by atoms with Gasteiger partial charge in [-0.25, -0.2) is 4.39 Å². The minimum atomic E-state index is -0.467. The molecule has 100 valence electrons. The maximum Gasteiger partial charge on any atom is 0.143 e. The molecular weight excluding hydrogens is 251 g/mol. The van der Waals surface area contributed by atoms with Gasteiger partial charge in [-0.05, 0) is 30.7 Å². The molecule has 3 unspecified atom stereocenters. The summed E-state index contributed by atoms with van der Waals surface area (Å²) >= 11 is 5.79. The lowest BCUT2D eigenvalue weighted by molar-refractivity contribution is 0.392. The van der Waals surface area contributed by atoms with Crippen molar-refractivity contribution in [2.24, 2.45) is 11.8 Å². The molecule has 4 heteroatoms. The lowest BCUT2D eigenvalue weighted by Gasteiger charge is -2.23. The Hall–Kier alpha value is -0.960. The standard InChI is InChI=1S/C14H20ClFN2/c1-3-9-4-5-13(8(9)2)18-14-6-10(15)11(16)7-12(14)17/h6-9,13,18H,3-5,17H2,1-2H3. The minimum Gasteiger partial charge on any atom is -0.397 e. The van der Waals surface area contributed by atoms with Crippen LogP contribution >= 0.6 is 11.6 Å². The van der Waals surface area contributed by atoms with Gasteiger partial charge in [0.2, 0.25) is 0 Å². The first kappa shape index (κ1) is 13.5. The van der Waals surface area contributed by atoms with Gasteiger partial charge in [0.15, 0.2) is 0 Å². The average Bonchev–Trinajstić information content (AvgIpc) is 2.67. The molecule has 1 saturated carbocycles. The Bertz CT molecular complexity index is 436. The molecule has 3 atom stereocenters. The summed E-state index contributed by atoms with van der Waals surface area (Å²) < 4.78 is 13.2. The summed E-state index contributed by atoms with van der Waals surface area (Å²) in [7, 11) is 0. The Labute approximate surface area is 113 Å². The third-order valence-corrected chi connectivity index (χ3v) is 4.47. The van der Waals surface area contributed by atoms with Gasteiger partial charge >= 0.3 is 0 Å². The topological polar surface area (TPSA) is 38.0 Å². The van der Waals surface area contributed by atoms with Gasteiger partial charge in [0.25, 0.3) is 0 Å². The Morgan fingerprint density at radius 3 is 2.78 bits per heavy atom. The van der Waals surface area contributed by atoms with Crippen LogP contribution < -0.4 is 11.1 Å². The van der Waals surface area contributed by atoms with Crippen molar-refractivity contribution in [1.29, 1.82) is 0 Å². The Balaban J connectivity index is 2.13. The molecule has 18 heavy (non-hydrogen) atoms. The molecule has 0 aliphatic heterocycles. The van der Waals surface area contributed by atoms with Crippen LogP contribution in [0.1, 0.15) is 33.1 Å². The SMILES string of the molecule is CCC1CCC(Nc2cc(Cl)c(F)cc2N)C1C. The number of nitrogens with two attached hydrogens (primary N) is 1. The minimum absolute atomic E-state index is 0.115. The van der Waals surface area contributed by atoms with E-state index in [2.05, 4.69) is 19.2 Å². The van der Waals surface area contributed by atoms with Gasteiger partial charge in [-0.1, -0.05) is 31.9 Å². The van der Waals surface area contributed by atoms with Crippen molar-refractivity contribution in [3.63, 3.8) is 0 Å². The van der Waals surface area contributed by atoms with Crippen molar-refractivity contribution < 1.29 is 4.39 Å². The highest BCUT2D eigenvalue weighted by atomic mass is 35.5. The molecular formula is C14H20ClFN2. The highest BCUT2D eigenvalue weighted by molar-refractivity contribution is 6.31. The van der Waals surface area contributed by atoms with Gasteiger partial charge in [-0.15, -0.1) is 0 Å². The normalized spacial score (nSPS) is 27.4. The van der Waals surface area contributed by atoms with Crippen molar-refractivity contribution in [3.8, 4) is 0 Å². The molecule has 0 amide bonds. The summed E-state index contributed by atoms with van der Waals surface area (Å²) in [5.74, 6) is 0.906. The van der Waals surface area contributed by atoms with Crippen LogP contribution in [-0.4, -0.2) is 6.04 Å². The number of hydrogen-bond acceptors (Lipinski definition) is 2. The van der Waals surface area contributed by atoms with E-state index in [1.54, 1.807) is 6.07 Å². The van der Waals surface area contributed by atoms with Crippen LogP contribution in [0.15, 0.2) is 12.1 Å². The molecule has 0 spiro atoms. The zero-order valence-corrected chi connectivity index (χ0v) is 11.6. The summed E-state index contributed by atoms with van der Waals surface area (Å²) in [5, 5.41) is 3.53. The number of anilines is 2. The Morgan fingerprint density at radius 2 is 2.17 bits per heavy atom. The number of rotatable bonds is 3. The summed E-state index contributed by atoms with van der Waals surface area (Å²) in [6.45, 7) is 4.49. The molecule has 2 nitrogen and oxygen atoms in total. The van der Waals surface area contributed by atoms with Crippen LogP contribution in [0.2, 0.25) is 5.02 Å². The van der Waals surface area contributed by atoms with E-state index in [-0.39, 0.29) is 5.02 Å². The molecule has 1 fully saturated rings. The van der Waals surface area contributed by atoms with Crippen LogP contribution in [0.5, 0.6) is 0 Å². The average molecular weight is 271 g/mol. The van der Waals surface area contributed by atoms with Gasteiger partial charge in [0.05, 0.1) is 16.4 Å². The molecule has 1 aliphatic carbocycles. The van der Waals surface area contributed by atoms with Gasteiger partial charge in [0.1, 0.15) is 5.82 Å². The monoisotopic (exact) mass is 270 g/mol. The molecule has 0 bridgehead atoms. The largest absolute Gasteiger partial charge is 0.397 e. The van der Waals surface area contributed by atoms with E-state index < -0.39 is 5.82 Å². The molecule has 0 heterocycles. The van der Waals surface area contributed by atoms with E-state index in [4.69, 9.17) is 17.3 Å². The first-order valence-corrected chi connectivity index (χ1v) is 6.91. The molecule has 0 radical (unpaired) electrons. The summed E-state index contributed by atoms with van der Waals surface area (Å²) in [5.41, 5.74) is 6.99. The van der Waals surface area contributed by atoms with Crippen LogP contribution in [0.3, 0.4) is 0 Å². The summed E-state index contributed by atoms with van der Waals surface area (Å²) in [6, 6.07) is 3.26. The third kappa shape index (κ3) is 2.56. The highest BCUT2D eigenvalue weighted by Gasteiger charge is 2.31. The molecule has 1 aliphatic rings. The predicted molar refractivity (Wildman–Crippen MR) is 75.4 cm³/mol. The van der Waals surface area contributed by atoms with Gasteiger partial charge in [0, 0.05) is 12.1 Å². The van der Waals surface area contributed by atoms with E-state index in [1.165, 1.54) is 18.9 Å². The second-order valence-electron chi connectivity index (χ2n) is 5.21.